The fourth-order valence-electron chi connectivity index (χ4n) is 3.48. The van der Waals surface area contributed by atoms with Gasteiger partial charge in [0.1, 0.15) is 10.7 Å². The number of anilines is 1. The van der Waals surface area contributed by atoms with Crippen LogP contribution in [-0.2, 0) is 9.53 Å². The van der Waals surface area contributed by atoms with Gasteiger partial charge in [-0.15, -0.1) is 11.8 Å². The number of ether oxygens (including phenoxy) is 1. The van der Waals surface area contributed by atoms with Gasteiger partial charge in [-0.3, -0.25) is 9.59 Å². The third kappa shape index (κ3) is 4.41. The van der Waals surface area contributed by atoms with Crippen molar-refractivity contribution >= 4 is 29.3 Å². The van der Waals surface area contributed by atoms with Gasteiger partial charge in [0.05, 0.1) is 17.9 Å². The number of thioether (sulfide) groups is 1. The molecule has 2 aliphatic rings. The Morgan fingerprint density at radius 2 is 1.92 bits per heavy atom. The van der Waals surface area contributed by atoms with E-state index in [4.69, 9.17) is 4.74 Å². The van der Waals surface area contributed by atoms with Crippen molar-refractivity contribution in [1.29, 1.82) is 0 Å². The second-order valence-electron chi connectivity index (χ2n) is 6.92. The standard InChI is InChI=1S/C20H26N2O3S/c1-13-7-3-5-9-16(13)21-19(23)15-8-4-6-10-17(15)22-20(24)18-14(2)25-11-12-26-18/h4,6,8,10,13,16H,3,5,7,9,11-12H2,1-2H3,(H,21,23)(H,22,24)/t13-,16+/m0/s1. The van der Waals surface area contributed by atoms with Crippen LogP contribution in [0.25, 0.3) is 0 Å². The Labute approximate surface area is 158 Å². The highest BCUT2D eigenvalue weighted by atomic mass is 32.2. The van der Waals surface area contributed by atoms with E-state index in [0.717, 1.165) is 25.0 Å². The summed E-state index contributed by atoms with van der Waals surface area (Å²) in [5.41, 5.74) is 1.03. The smallest absolute Gasteiger partial charge is 0.265 e. The summed E-state index contributed by atoms with van der Waals surface area (Å²) < 4.78 is 5.46. The van der Waals surface area contributed by atoms with Crippen molar-refractivity contribution in [3.05, 3.63) is 40.5 Å². The Bertz CT molecular complexity index is 717. The molecule has 2 amide bonds. The number of rotatable bonds is 4. The predicted molar refractivity (Wildman–Crippen MR) is 105 cm³/mol. The van der Waals surface area contributed by atoms with Crippen molar-refractivity contribution in [3.63, 3.8) is 0 Å². The topological polar surface area (TPSA) is 67.4 Å². The fraction of sp³-hybridized carbons (Fsp3) is 0.500. The lowest BCUT2D eigenvalue weighted by atomic mass is 9.86. The van der Waals surface area contributed by atoms with Crippen molar-refractivity contribution < 1.29 is 14.3 Å². The number of nitrogens with one attached hydrogen (secondary N) is 2. The van der Waals surface area contributed by atoms with Crippen LogP contribution in [0.15, 0.2) is 34.9 Å². The number of hydrogen-bond donors (Lipinski definition) is 2. The molecule has 0 unspecified atom stereocenters. The quantitative estimate of drug-likeness (QED) is 0.838. The van der Waals surface area contributed by atoms with Crippen LogP contribution in [0.5, 0.6) is 0 Å². The van der Waals surface area contributed by atoms with E-state index in [0.29, 0.717) is 34.4 Å². The lowest BCUT2D eigenvalue weighted by Gasteiger charge is -2.29. The molecule has 2 N–H and O–H groups in total. The van der Waals surface area contributed by atoms with Crippen molar-refractivity contribution in [2.75, 3.05) is 17.7 Å². The lowest BCUT2D eigenvalue weighted by Crippen LogP contribution is -2.41. The van der Waals surface area contributed by atoms with Crippen molar-refractivity contribution in [2.24, 2.45) is 5.92 Å². The van der Waals surface area contributed by atoms with Crippen LogP contribution in [0.4, 0.5) is 5.69 Å². The molecule has 1 aromatic rings. The maximum atomic E-state index is 12.8. The van der Waals surface area contributed by atoms with Crippen molar-refractivity contribution in [2.45, 2.75) is 45.6 Å². The number of amides is 2. The highest BCUT2D eigenvalue weighted by Crippen LogP contribution is 2.28. The molecule has 0 radical (unpaired) electrons. The third-order valence-corrected chi connectivity index (χ3v) is 6.15. The predicted octanol–water partition coefficient (Wildman–Crippen LogP) is 3.93. The van der Waals surface area contributed by atoms with Gasteiger partial charge in [0, 0.05) is 11.8 Å². The molecule has 0 bridgehead atoms. The van der Waals surface area contributed by atoms with Crippen molar-refractivity contribution in [1.82, 2.24) is 5.32 Å². The summed E-state index contributed by atoms with van der Waals surface area (Å²) in [5.74, 6) is 1.52. The van der Waals surface area contributed by atoms with Crippen LogP contribution in [-0.4, -0.2) is 30.2 Å². The van der Waals surface area contributed by atoms with Crippen molar-refractivity contribution in [3.8, 4) is 0 Å². The van der Waals surface area contributed by atoms with E-state index in [9.17, 15) is 9.59 Å². The molecule has 1 fully saturated rings. The summed E-state index contributed by atoms with van der Waals surface area (Å²) in [7, 11) is 0. The zero-order valence-electron chi connectivity index (χ0n) is 15.3. The molecule has 26 heavy (non-hydrogen) atoms. The second-order valence-corrected chi connectivity index (χ2v) is 8.03. The molecule has 1 aliphatic carbocycles. The molecule has 0 aromatic heterocycles. The van der Waals surface area contributed by atoms with E-state index >= 15 is 0 Å². The SMILES string of the molecule is CC1=C(C(=O)Nc2ccccc2C(=O)N[C@@H]2CCCC[C@@H]2C)SCCO1. The zero-order valence-corrected chi connectivity index (χ0v) is 16.2. The summed E-state index contributed by atoms with van der Waals surface area (Å²) in [6.45, 7) is 4.60. The minimum Gasteiger partial charge on any atom is -0.496 e. The molecule has 6 heteroatoms. The van der Waals surface area contributed by atoms with E-state index in [-0.39, 0.29) is 17.9 Å². The molecular weight excluding hydrogens is 348 g/mol. The van der Waals surface area contributed by atoms with E-state index < -0.39 is 0 Å². The number of hydrogen-bond acceptors (Lipinski definition) is 4. The molecule has 5 nitrogen and oxygen atoms in total. The fourth-order valence-corrected chi connectivity index (χ4v) is 4.29. The van der Waals surface area contributed by atoms with Crippen LogP contribution in [0.1, 0.15) is 49.9 Å². The largest absolute Gasteiger partial charge is 0.496 e. The van der Waals surface area contributed by atoms with E-state index in [1.165, 1.54) is 18.2 Å². The minimum atomic E-state index is -0.224. The summed E-state index contributed by atoms with van der Waals surface area (Å²) >= 11 is 1.48. The van der Waals surface area contributed by atoms with Gasteiger partial charge < -0.3 is 15.4 Å². The highest BCUT2D eigenvalue weighted by Gasteiger charge is 2.25. The highest BCUT2D eigenvalue weighted by molar-refractivity contribution is 8.04. The van der Waals surface area contributed by atoms with Gasteiger partial charge in [0.2, 0.25) is 0 Å². The first-order chi connectivity index (χ1) is 12.6. The summed E-state index contributed by atoms with van der Waals surface area (Å²) in [6.07, 6.45) is 4.54. The third-order valence-electron chi connectivity index (χ3n) is 5.02. The van der Waals surface area contributed by atoms with Crippen LogP contribution in [0.3, 0.4) is 0 Å². The Kier molecular flexibility index (Phi) is 6.25. The van der Waals surface area contributed by atoms with Gasteiger partial charge in [0.25, 0.3) is 11.8 Å². The van der Waals surface area contributed by atoms with Gasteiger partial charge in [0.15, 0.2) is 0 Å². The Balaban J connectivity index is 1.73. The molecule has 2 atom stereocenters. The monoisotopic (exact) mass is 374 g/mol. The number of carbonyl (C=O) groups is 2. The second kappa shape index (κ2) is 8.62. The molecule has 1 saturated carbocycles. The van der Waals surface area contributed by atoms with Crippen LogP contribution in [0.2, 0.25) is 0 Å². The normalized spacial score (nSPS) is 23.2. The zero-order chi connectivity index (χ0) is 18.5. The molecule has 3 rings (SSSR count). The summed E-state index contributed by atoms with van der Waals surface area (Å²) in [5, 5.41) is 6.04. The Morgan fingerprint density at radius 1 is 1.15 bits per heavy atom. The molecule has 140 valence electrons. The Morgan fingerprint density at radius 3 is 2.69 bits per heavy atom. The lowest BCUT2D eigenvalue weighted by molar-refractivity contribution is -0.112. The maximum Gasteiger partial charge on any atom is 0.265 e. The van der Waals surface area contributed by atoms with Gasteiger partial charge in [-0.25, -0.2) is 0 Å². The molecular formula is C20H26N2O3S. The molecule has 1 aliphatic heterocycles. The summed E-state index contributed by atoms with van der Waals surface area (Å²) in [4.78, 5) is 26.0. The first kappa shape index (κ1) is 18.8. The molecule has 1 aromatic carbocycles. The molecule has 1 heterocycles. The van der Waals surface area contributed by atoms with Gasteiger partial charge in [-0.1, -0.05) is 31.9 Å². The van der Waals surface area contributed by atoms with Gasteiger partial charge >= 0.3 is 0 Å². The van der Waals surface area contributed by atoms with Crippen LogP contribution >= 0.6 is 11.8 Å². The minimum absolute atomic E-state index is 0.127. The van der Waals surface area contributed by atoms with E-state index in [2.05, 4.69) is 17.6 Å². The number of benzene rings is 1. The number of para-hydroxylation sites is 1. The molecule has 0 spiro atoms. The average molecular weight is 375 g/mol. The van der Waals surface area contributed by atoms with E-state index in [1.54, 1.807) is 19.1 Å². The summed E-state index contributed by atoms with van der Waals surface area (Å²) in [6, 6.07) is 7.36. The van der Waals surface area contributed by atoms with Gasteiger partial charge in [-0.05, 0) is 37.8 Å². The maximum absolute atomic E-state index is 12.8. The first-order valence-corrected chi connectivity index (χ1v) is 10.2. The average Bonchev–Trinajstić information content (AvgIpc) is 2.64. The Hall–Kier alpha value is -1.95. The van der Waals surface area contributed by atoms with Crippen LogP contribution in [0, 0.1) is 5.92 Å². The number of allylic oxidation sites excluding steroid dienone is 1. The van der Waals surface area contributed by atoms with E-state index in [1.807, 2.05) is 12.1 Å². The number of carbonyl (C=O) groups excluding carboxylic acids is 2. The van der Waals surface area contributed by atoms with Crippen LogP contribution < -0.4 is 10.6 Å². The van der Waals surface area contributed by atoms with Gasteiger partial charge in [-0.2, -0.15) is 0 Å². The first-order valence-electron chi connectivity index (χ1n) is 9.24. The molecule has 0 saturated heterocycles.